The summed E-state index contributed by atoms with van der Waals surface area (Å²) in [6.07, 6.45) is 3.57. The zero-order chi connectivity index (χ0) is 22.8. The number of hydrogen-bond donors (Lipinski definition) is 2. The Morgan fingerprint density at radius 3 is 2.67 bits per heavy atom. The maximum absolute atomic E-state index is 12.9. The molecule has 0 bridgehead atoms. The number of carbonyl (C=O) groups excluding carboxylic acids is 1. The number of fused-ring (bicyclic) bond motifs is 1. The number of nitrogens with zero attached hydrogens (tertiary/aromatic N) is 2. The highest BCUT2D eigenvalue weighted by Gasteiger charge is 2.13. The smallest absolute Gasteiger partial charge is 0.255 e. The topological polar surface area (TPSA) is 66.9 Å². The monoisotopic (exact) mass is 450 g/mol. The lowest BCUT2D eigenvalue weighted by Gasteiger charge is -2.14. The van der Waals surface area contributed by atoms with Crippen LogP contribution in [0.4, 0.5) is 17.1 Å². The lowest BCUT2D eigenvalue weighted by Crippen LogP contribution is -2.12. The minimum absolute atomic E-state index is 0.143. The van der Waals surface area contributed by atoms with Crippen molar-refractivity contribution in [2.75, 3.05) is 10.6 Å². The van der Waals surface area contributed by atoms with E-state index in [0.717, 1.165) is 49.7 Å². The molecule has 0 aliphatic heterocycles. The number of amides is 1. The standard InChI is InChI=1S/C27H22N4OS/c1-17-5-3-7-21(13-17)29-26(32)19-9-8-18(2)23(14-19)30-25-15-24(20-6-4-11-28-16-20)31-27-22(25)10-12-33-27/h3-16H,1-2H3,(H,29,32)(H,30,31). The average molecular weight is 451 g/mol. The van der Waals surface area contributed by atoms with E-state index < -0.39 is 0 Å². The van der Waals surface area contributed by atoms with E-state index in [1.54, 1.807) is 17.5 Å². The summed E-state index contributed by atoms with van der Waals surface area (Å²) in [7, 11) is 0. The number of aromatic nitrogens is 2. The molecule has 0 aliphatic carbocycles. The van der Waals surface area contributed by atoms with Crippen LogP contribution in [0.2, 0.25) is 0 Å². The van der Waals surface area contributed by atoms with E-state index >= 15 is 0 Å². The van der Waals surface area contributed by atoms with Crippen LogP contribution in [0.3, 0.4) is 0 Å². The number of rotatable bonds is 5. The van der Waals surface area contributed by atoms with Crippen molar-refractivity contribution in [1.29, 1.82) is 0 Å². The van der Waals surface area contributed by atoms with Crippen molar-refractivity contribution in [3.63, 3.8) is 0 Å². The normalized spacial score (nSPS) is 10.8. The molecule has 33 heavy (non-hydrogen) atoms. The molecule has 0 spiro atoms. The number of anilines is 3. The van der Waals surface area contributed by atoms with E-state index in [0.29, 0.717) is 5.56 Å². The summed E-state index contributed by atoms with van der Waals surface area (Å²) in [6, 6.07) is 21.5. The molecule has 2 N–H and O–H groups in total. The highest BCUT2D eigenvalue weighted by molar-refractivity contribution is 7.16. The lowest BCUT2D eigenvalue weighted by molar-refractivity contribution is 0.102. The molecule has 3 aromatic heterocycles. The Labute approximate surface area is 196 Å². The predicted octanol–water partition coefficient (Wildman–Crippen LogP) is 6.97. The van der Waals surface area contributed by atoms with Gasteiger partial charge in [0.25, 0.3) is 5.91 Å². The predicted molar refractivity (Wildman–Crippen MR) is 136 cm³/mol. The molecular weight excluding hydrogens is 428 g/mol. The van der Waals surface area contributed by atoms with Crippen LogP contribution in [0.5, 0.6) is 0 Å². The van der Waals surface area contributed by atoms with Gasteiger partial charge in [-0.05, 0) is 78.9 Å². The van der Waals surface area contributed by atoms with Crippen LogP contribution in [0.1, 0.15) is 21.5 Å². The summed E-state index contributed by atoms with van der Waals surface area (Å²) in [5.74, 6) is -0.143. The largest absolute Gasteiger partial charge is 0.355 e. The van der Waals surface area contributed by atoms with Crippen molar-refractivity contribution in [2.24, 2.45) is 0 Å². The molecule has 0 saturated heterocycles. The van der Waals surface area contributed by atoms with E-state index in [2.05, 4.69) is 21.7 Å². The van der Waals surface area contributed by atoms with Crippen molar-refractivity contribution in [3.8, 4) is 11.3 Å². The fourth-order valence-electron chi connectivity index (χ4n) is 3.68. The van der Waals surface area contributed by atoms with Gasteiger partial charge in [0.2, 0.25) is 0 Å². The van der Waals surface area contributed by atoms with Crippen LogP contribution >= 0.6 is 11.3 Å². The second kappa shape index (κ2) is 8.84. The number of carbonyl (C=O) groups is 1. The molecule has 0 saturated carbocycles. The minimum Gasteiger partial charge on any atom is -0.355 e. The van der Waals surface area contributed by atoms with E-state index in [-0.39, 0.29) is 5.91 Å². The molecule has 0 radical (unpaired) electrons. The first-order valence-corrected chi connectivity index (χ1v) is 11.5. The first-order chi connectivity index (χ1) is 16.1. The van der Waals surface area contributed by atoms with Gasteiger partial charge in [-0.25, -0.2) is 4.98 Å². The molecule has 0 atom stereocenters. The summed E-state index contributed by atoms with van der Waals surface area (Å²) in [5.41, 5.74) is 7.15. The fourth-order valence-corrected chi connectivity index (χ4v) is 4.47. The highest BCUT2D eigenvalue weighted by atomic mass is 32.1. The van der Waals surface area contributed by atoms with E-state index in [9.17, 15) is 4.79 Å². The van der Waals surface area contributed by atoms with Crippen LogP contribution in [0, 0.1) is 13.8 Å². The molecule has 3 heterocycles. The van der Waals surface area contributed by atoms with Gasteiger partial charge in [-0.2, -0.15) is 0 Å². The quantitative estimate of drug-likeness (QED) is 0.303. The molecule has 0 fully saturated rings. The van der Waals surface area contributed by atoms with E-state index in [1.165, 1.54) is 0 Å². The van der Waals surface area contributed by atoms with Gasteiger partial charge < -0.3 is 10.6 Å². The second-order valence-corrected chi connectivity index (χ2v) is 8.81. The molecule has 162 valence electrons. The van der Waals surface area contributed by atoms with Gasteiger partial charge in [0.15, 0.2) is 0 Å². The minimum atomic E-state index is -0.143. The van der Waals surface area contributed by atoms with Gasteiger partial charge in [-0.1, -0.05) is 18.2 Å². The molecule has 1 amide bonds. The summed E-state index contributed by atoms with van der Waals surface area (Å²) >= 11 is 1.60. The number of aryl methyl sites for hydroxylation is 2. The molecule has 2 aromatic carbocycles. The Hall–Kier alpha value is -4.03. The Morgan fingerprint density at radius 1 is 0.939 bits per heavy atom. The second-order valence-electron chi connectivity index (χ2n) is 7.91. The molecule has 0 aliphatic rings. The van der Waals surface area contributed by atoms with E-state index in [4.69, 9.17) is 4.98 Å². The lowest BCUT2D eigenvalue weighted by atomic mass is 10.1. The van der Waals surface area contributed by atoms with Gasteiger partial charge in [0.1, 0.15) is 4.83 Å². The Balaban J connectivity index is 1.48. The van der Waals surface area contributed by atoms with Crippen LogP contribution in [-0.4, -0.2) is 15.9 Å². The highest BCUT2D eigenvalue weighted by Crippen LogP contribution is 2.34. The average Bonchev–Trinajstić information content (AvgIpc) is 3.30. The fraction of sp³-hybridized carbons (Fsp3) is 0.0741. The van der Waals surface area contributed by atoms with Gasteiger partial charge in [0.05, 0.1) is 11.4 Å². The van der Waals surface area contributed by atoms with Gasteiger partial charge in [-0.15, -0.1) is 11.3 Å². The molecule has 6 heteroatoms. The third kappa shape index (κ3) is 4.47. The SMILES string of the molecule is Cc1cccc(NC(=O)c2ccc(C)c(Nc3cc(-c4cccnc4)nc4sccc34)c2)c1. The van der Waals surface area contributed by atoms with Gasteiger partial charge in [0, 0.05) is 40.3 Å². The number of hydrogen-bond acceptors (Lipinski definition) is 5. The molecule has 5 nitrogen and oxygen atoms in total. The molecular formula is C27H22N4OS. The zero-order valence-electron chi connectivity index (χ0n) is 18.3. The molecule has 0 unspecified atom stereocenters. The number of thiophene rings is 1. The summed E-state index contributed by atoms with van der Waals surface area (Å²) in [6.45, 7) is 4.03. The van der Waals surface area contributed by atoms with Crippen LogP contribution in [-0.2, 0) is 0 Å². The number of pyridine rings is 2. The van der Waals surface area contributed by atoms with Crippen molar-refractivity contribution >= 4 is 44.5 Å². The number of benzene rings is 2. The maximum atomic E-state index is 12.9. The Morgan fingerprint density at radius 2 is 1.85 bits per heavy atom. The van der Waals surface area contributed by atoms with Gasteiger partial charge >= 0.3 is 0 Å². The first kappa shape index (κ1) is 20.8. The van der Waals surface area contributed by atoms with Crippen molar-refractivity contribution in [2.45, 2.75) is 13.8 Å². The van der Waals surface area contributed by atoms with E-state index in [1.807, 2.05) is 86.1 Å². The third-order valence-electron chi connectivity index (χ3n) is 5.44. The van der Waals surface area contributed by atoms with Crippen LogP contribution in [0.15, 0.2) is 84.5 Å². The molecule has 5 rings (SSSR count). The number of nitrogens with one attached hydrogen (secondary N) is 2. The van der Waals surface area contributed by atoms with Crippen LogP contribution < -0.4 is 10.6 Å². The molecule has 5 aromatic rings. The Kier molecular flexibility index (Phi) is 5.59. The van der Waals surface area contributed by atoms with Crippen molar-refractivity contribution < 1.29 is 4.79 Å². The summed E-state index contributed by atoms with van der Waals surface area (Å²) in [5, 5.41) is 9.61. The summed E-state index contributed by atoms with van der Waals surface area (Å²) in [4.78, 5) is 22.9. The summed E-state index contributed by atoms with van der Waals surface area (Å²) < 4.78 is 0. The third-order valence-corrected chi connectivity index (χ3v) is 6.25. The Bertz CT molecular complexity index is 1460. The van der Waals surface area contributed by atoms with Crippen LogP contribution in [0.25, 0.3) is 21.5 Å². The first-order valence-electron chi connectivity index (χ1n) is 10.6. The maximum Gasteiger partial charge on any atom is 0.255 e. The zero-order valence-corrected chi connectivity index (χ0v) is 19.1. The van der Waals surface area contributed by atoms with Crippen molar-refractivity contribution in [1.82, 2.24) is 9.97 Å². The van der Waals surface area contributed by atoms with Crippen molar-refractivity contribution in [3.05, 3.63) is 101 Å². The van der Waals surface area contributed by atoms with Gasteiger partial charge in [-0.3, -0.25) is 9.78 Å².